The smallest absolute Gasteiger partial charge is 0.238 e. The molecule has 0 heterocycles. The van der Waals surface area contributed by atoms with Crippen LogP contribution in [0.25, 0.3) is 0 Å². The number of benzene rings is 1. The third-order valence-corrected chi connectivity index (χ3v) is 3.28. The van der Waals surface area contributed by atoms with Crippen molar-refractivity contribution in [1.82, 2.24) is 0 Å². The fraction of sp³-hybridized carbons (Fsp3) is 0.250. The number of primary sulfonamides is 1. The number of alkyl halides is 1. The topological polar surface area (TPSA) is 80.4 Å². The number of rotatable bonds is 3. The highest BCUT2D eigenvalue weighted by molar-refractivity contribution is 9.09. The van der Waals surface area contributed by atoms with E-state index in [1.54, 1.807) is 0 Å². The molecule has 0 fully saturated rings. The highest BCUT2D eigenvalue weighted by Gasteiger charge is 2.09. The molecule has 0 radical (unpaired) electrons. The van der Waals surface area contributed by atoms with E-state index in [9.17, 15) is 13.5 Å². The molecule has 1 unspecified atom stereocenters. The van der Waals surface area contributed by atoms with Gasteiger partial charge in [0, 0.05) is 5.33 Å². The molecule has 1 rings (SSSR count). The second-order valence-corrected chi connectivity index (χ2v) is 4.99. The average Bonchev–Trinajstić information content (AvgIpc) is 2.15. The average molecular weight is 280 g/mol. The quantitative estimate of drug-likeness (QED) is 0.802. The SMILES string of the molecule is NS(=O)(=O)c1ccc(C(O)CBr)cc1. The second kappa shape index (κ2) is 4.39. The largest absolute Gasteiger partial charge is 0.388 e. The van der Waals surface area contributed by atoms with E-state index >= 15 is 0 Å². The molecule has 0 aliphatic rings. The van der Waals surface area contributed by atoms with Crippen LogP contribution in [0, 0.1) is 0 Å². The molecule has 1 aromatic carbocycles. The number of sulfonamides is 1. The Morgan fingerprint density at radius 3 is 2.21 bits per heavy atom. The van der Waals surface area contributed by atoms with Gasteiger partial charge in [0.05, 0.1) is 11.0 Å². The molecule has 0 bridgehead atoms. The van der Waals surface area contributed by atoms with Crippen molar-refractivity contribution in [3.8, 4) is 0 Å². The maximum absolute atomic E-state index is 10.9. The molecule has 4 nitrogen and oxygen atoms in total. The van der Waals surface area contributed by atoms with Crippen LogP contribution < -0.4 is 5.14 Å². The van der Waals surface area contributed by atoms with Crippen LogP contribution in [0.5, 0.6) is 0 Å². The third-order valence-electron chi connectivity index (χ3n) is 1.74. The zero-order chi connectivity index (χ0) is 10.8. The fourth-order valence-electron chi connectivity index (χ4n) is 0.969. The zero-order valence-corrected chi connectivity index (χ0v) is 9.62. The van der Waals surface area contributed by atoms with E-state index in [0.29, 0.717) is 10.9 Å². The van der Waals surface area contributed by atoms with E-state index < -0.39 is 16.1 Å². The van der Waals surface area contributed by atoms with E-state index in [-0.39, 0.29) is 4.90 Å². The lowest BCUT2D eigenvalue weighted by Gasteiger charge is -2.07. The Labute approximate surface area is 90.9 Å². The summed E-state index contributed by atoms with van der Waals surface area (Å²) in [6, 6.07) is 5.81. The van der Waals surface area contributed by atoms with Crippen LogP contribution in [0.15, 0.2) is 29.2 Å². The minimum Gasteiger partial charge on any atom is -0.388 e. The van der Waals surface area contributed by atoms with Gasteiger partial charge >= 0.3 is 0 Å². The molecule has 3 N–H and O–H groups in total. The summed E-state index contributed by atoms with van der Waals surface area (Å²) in [4.78, 5) is 0.0445. The van der Waals surface area contributed by atoms with E-state index in [0.717, 1.165) is 0 Å². The lowest BCUT2D eigenvalue weighted by molar-refractivity contribution is 0.205. The Balaban J connectivity index is 3.01. The summed E-state index contributed by atoms with van der Waals surface area (Å²) in [5, 5.41) is 14.7. The molecule has 0 saturated heterocycles. The first kappa shape index (κ1) is 11.6. The van der Waals surface area contributed by atoms with E-state index in [2.05, 4.69) is 15.9 Å². The van der Waals surface area contributed by atoms with Crippen LogP contribution in [0.4, 0.5) is 0 Å². The van der Waals surface area contributed by atoms with Gasteiger partial charge in [-0.05, 0) is 17.7 Å². The van der Waals surface area contributed by atoms with Gasteiger partial charge in [-0.1, -0.05) is 28.1 Å². The zero-order valence-electron chi connectivity index (χ0n) is 7.22. The van der Waals surface area contributed by atoms with Gasteiger partial charge in [0.2, 0.25) is 10.0 Å². The summed E-state index contributed by atoms with van der Waals surface area (Å²) in [6.45, 7) is 0. The Bertz CT molecular complexity index is 401. The number of aliphatic hydroxyl groups excluding tert-OH is 1. The number of hydrogen-bond donors (Lipinski definition) is 2. The summed E-state index contributed by atoms with van der Waals surface area (Å²) in [7, 11) is -3.65. The van der Waals surface area contributed by atoms with Gasteiger partial charge in [-0.3, -0.25) is 0 Å². The first-order valence-corrected chi connectivity index (χ1v) is 6.48. The van der Waals surface area contributed by atoms with Gasteiger partial charge in [-0.25, -0.2) is 13.6 Å². The number of nitrogens with two attached hydrogens (primary N) is 1. The molecule has 1 atom stereocenters. The Morgan fingerprint density at radius 2 is 1.86 bits per heavy atom. The Hall–Kier alpha value is -0.430. The second-order valence-electron chi connectivity index (χ2n) is 2.78. The lowest BCUT2D eigenvalue weighted by atomic mass is 10.1. The van der Waals surface area contributed by atoms with Crippen molar-refractivity contribution in [3.63, 3.8) is 0 Å². The van der Waals surface area contributed by atoms with Crippen molar-refractivity contribution in [1.29, 1.82) is 0 Å². The third kappa shape index (κ3) is 2.78. The van der Waals surface area contributed by atoms with Crippen molar-refractivity contribution in [3.05, 3.63) is 29.8 Å². The lowest BCUT2D eigenvalue weighted by Crippen LogP contribution is -2.12. The molecule has 0 amide bonds. The summed E-state index contributed by atoms with van der Waals surface area (Å²) in [5.41, 5.74) is 0.647. The molecular weight excluding hydrogens is 270 g/mol. The first-order valence-electron chi connectivity index (χ1n) is 3.82. The van der Waals surface area contributed by atoms with E-state index in [4.69, 9.17) is 5.14 Å². The number of aliphatic hydroxyl groups is 1. The molecule has 0 spiro atoms. The summed E-state index contributed by atoms with van der Waals surface area (Å²) in [6.07, 6.45) is -0.635. The van der Waals surface area contributed by atoms with Crippen molar-refractivity contribution >= 4 is 26.0 Å². The van der Waals surface area contributed by atoms with Crippen LogP contribution in [-0.4, -0.2) is 18.9 Å². The first-order chi connectivity index (χ1) is 6.45. The molecule has 6 heteroatoms. The maximum atomic E-state index is 10.9. The van der Waals surface area contributed by atoms with Crippen molar-refractivity contribution < 1.29 is 13.5 Å². The number of hydrogen-bond acceptors (Lipinski definition) is 3. The molecule has 0 aromatic heterocycles. The minimum atomic E-state index is -3.65. The van der Waals surface area contributed by atoms with Crippen LogP contribution in [0.2, 0.25) is 0 Å². The predicted octanol–water partition coefficient (Wildman–Crippen LogP) is 0.762. The van der Waals surface area contributed by atoms with Crippen LogP contribution in [0.3, 0.4) is 0 Å². The molecule has 1 aromatic rings. The Morgan fingerprint density at radius 1 is 1.36 bits per heavy atom. The normalized spacial score (nSPS) is 13.9. The monoisotopic (exact) mass is 279 g/mol. The van der Waals surface area contributed by atoms with Gasteiger partial charge in [0.15, 0.2) is 0 Å². The van der Waals surface area contributed by atoms with Gasteiger partial charge in [0.25, 0.3) is 0 Å². The van der Waals surface area contributed by atoms with Crippen LogP contribution in [-0.2, 0) is 10.0 Å². The Kier molecular flexibility index (Phi) is 3.65. The van der Waals surface area contributed by atoms with Crippen molar-refractivity contribution in [2.45, 2.75) is 11.0 Å². The van der Waals surface area contributed by atoms with Crippen LogP contribution >= 0.6 is 15.9 Å². The molecule has 14 heavy (non-hydrogen) atoms. The molecule has 0 aliphatic heterocycles. The van der Waals surface area contributed by atoms with E-state index in [1.807, 2.05) is 0 Å². The fourth-order valence-corrected chi connectivity index (χ4v) is 1.86. The van der Waals surface area contributed by atoms with Crippen molar-refractivity contribution in [2.24, 2.45) is 5.14 Å². The minimum absolute atomic E-state index is 0.0445. The van der Waals surface area contributed by atoms with Gasteiger partial charge < -0.3 is 5.11 Å². The summed E-state index contributed by atoms with van der Waals surface area (Å²) >= 11 is 3.12. The highest BCUT2D eigenvalue weighted by Crippen LogP contribution is 2.17. The molecule has 0 saturated carbocycles. The van der Waals surface area contributed by atoms with Gasteiger partial charge in [-0.2, -0.15) is 0 Å². The standard InChI is InChI=1S/C8H10BrNO3S/c9-5-8(11)6-1-3-7(4-2-6)14(10,12)13/h1-4,8,11H,5H2,(H2,10,12,13). The van der Waals surface area contributed by atoms with Gasteiger partial charge in [-0.15, -0.1) is 0 Å². The summed E-state index contributed by atoms with van der Waals surface area (Å²) in [5.74, 6) is 0. The summed E-state index contributed by atoms with van der Waals surface area (Å²) < 4.78 is 21.8. The van der Waals surface area contributed by atoms with Crippen molar-refractivity contribution in [2.75, 3.05) is 5.33 Å². The molecule has 78 valence electrons. The van der Waals surface area contributed by atoms with Crippen LogP contribution in [0.1, 0.15) is 11.7 Å². The van der Waals surface area contributed by atoms with Gasteiger partial charge in [0.1, 0.15) is 0 Å². The highest BCUT2D eigenvalue weighted by atomic mass is 79.9. The molecule has 0 aliphatic carbocycles. The predicted molar refractivity (Wildman–Crippen MR) is 56.6 cm³/mol. The maximum Gasteiger partial charge on any atom is 0.238 e. The number of halogens is 1. The van der Waals surface area contributed by atoms with E-state index in [1.165, 1.54) is 24.3 Å². The molecular formula is C8H10BrNO3S.